The highest BCUT2D eigenvalue weighted by atomic mass is 35.5. The zero-order valence-corrected chi connectivity index (χ0v) is 28.4. The van der Waals surface area contributed by atoms with E-state index < -0.39 is 39.3 Å². The van der Waals surface area contributed by atoms with Gasteiger partial charge in [-0.2, -0.15) is 0 Å². The number of rotatable bonds is 8. The lowest BCUT2D eigenvalue weighted by Gasteiger charge is -2.50. The molecule has 2 amide bonds. The molecule has 48 heavy (non-hydrogen) atoms. The maximum absolute atomic E-state index is 15.4. The summed E-state index contributed by atoms with van der Waals surface area (Å²) < 4.78 is 56.0. The van der Waals surface area contributed by atoms with Crippen LogP contribution in [0, 0.1) is 5.82 Å². The summed E-state index contributed by atoms with van der Waals surface area (Å²) in [5, 5.41) is 10.3. The predicted molar refractivity (Wildman–Crippen MR) is 176 cm³/mol. The highest BCUT2D eigenvalue weighted by molar-refractivity contribution is 7.93. The van der Waals surface area contributed by atoms with Gasteiger partial charge in [-0.05, 0) is 76.3 Å². The molecular weight excluding hydrogens is 665 g/mol. The van der Waals surface area contributed by atoms with Gasteiger partial charge in [0.05, 0.1) is 35.4 Å². The Bertz CT molecular complexity index is 1820. The number of fused-ring (bicyclic) bond motifs is 1. The van der Waals surface area contributed by atoms with Gasteiger partial charge in [-0.3, -0.25) is 9.69 Å². The highest BCUT2D eigenvalue weighted by Gasteiger charge is 2.64. The first-order valence-corrected chi connectivity index (χ1v) is 17.5. The van der Waals surface area contributed by atoms with E-state index in [2.05, 4.69) is 14.8 Å². The standard InChI is InChI=1S/C33H37ClFN5O7S/c1-4-47-30-24(6-5-13-36-30)33(29-20-38(16-17-39(29)32(42)43)21-11-14-37(2)15-12-21)25-18-26(34)27(35)19-28(25)40(31(33)41)48(44,45)23-9-7-22(46-3)8-10-23/h5-10,13,18-19,21,29H,4,11-12,14-17,20H2,1-3H3,(H,42,43). The van der Waals surface area contributed by atoms with E-state index >= 15 is 9.18 Å². The van der Waals surface area contributed by atoms with E-state index in [9.17, 15) is 18.3 Å². The van der Waals surface area contributed by atoms with Crippen LogP contribution in [-0.4, -0.2) is 111 Å². The Balaban J connectivity index is 1.63. The van der Waals surface area contributed by atoms with Crippen molar-refractivity contribution in [2.75, 3.05) is 57.8 Å². The molecule has 6 rings (SSSR count). The van der Waals surface area contributed by atoms with Gasteiger partial charge in [0.15, 0.2) is 0 Å². The monoisotopic (exact) mass is 701 g/mol. The molecule has 0 saturated carbocycles. The van der Waals surface area contributed by atoms with Crippen LogP contribution >= 0.6 is 11.6 Å². The van der Waals surface area contributed by atoms with E-state index in [1.54, 1.807) is 19.1 Å². The third-order valence-electron chi connectivity index (χ3n) is 9.64. The number of anilines is 1. The van der Waals surface area contributed by atoms with Crippen LogP contribution in [0.15, 0.2) is 59.6 Å². The first-order chi connectivity index (χ1) is 22.9. The van der Waals surface area contributed by atoms with Crippen molar-refractivity contribution in [3.8, 4) is 11.6 Å². The Morgan fingerprint density at radius 2 is 1.81 bits per heavy atom. The molecule has 12 nitrogen and oxygen atoms in total. The Labute approximate surface area is 283 Å². The van der Waals surface area contributed by atoms with Crippen molar-refractivity contribution >= 4 is 39.3 Å². The van der Waals surface area contributed by atoms with E-state index in [0.29, 0.717) is 16.6 Å². The molecule has 2 unspecified atom stereocenters. The summed E-state index contributed by atoms with van der Waals surface area (Å²) in [6.07, 6.45) is 1.84. The molecular formula is C33H37ClFN5O7S. The zero-order valence-electron chi connectivity index (χ0n) is 26.8. The van der Waals surface area contributed by atoms with Crippen LogP contribution in [0.2, 0.25) is 5.02 Å². The smallest absolute Gasteiger partial charge is 0.407 e. The number of nitrogens with zero attached hydrogens (tertiary/aromatic N) is 5. The second-order valence-electron chi connectivity index (χ2n) is 12.2. The molecule has 0 spiro atoms. The minimum Gasteiger partial charge on any atom is -0.497 e. The fourth-order valence-electron chi connectivity index (χ4n) is 7.30. The minimum absolute atomic E-state index is 0.0187. The van der Waals surface area contributed by atoms with Crippen molar-refractivity contribution in [2.45, 2.75) is 42.2 Å². The molecule has 1 aromatic heterocycles. The van der Waals surface area contributed by atoms with Gasteiger partial charge >= 0.3 is 6.09 Å². The summed E-state index contributed by atoms with van der Waals surface area (Å²) >= 11 is 6.41. The second kappa shape index (κ2) is 13.1. The molecule has 0 radical (unpaired) electrons. The van der Waals surface area contributed by atoms with E-state index in [-0.39, 0.29) is 58.4 Å². The van der Waals surface area contributed by atoms with Crippen molar-refractivity contribution in [2.24, 2.45) is 0 Å². The van der Waals surface area contributed by atoms with Gasteiger partial charge in [0.1, 0.15) is 17.0 Å². The first kappa shape index (κ1) is 33.9. The number of carboxylic acid groups (broad SMARTS) is 1. The molecule has 256 valence electrons. The largest absolute Gasteiger partial charge is 0.497 e. The van der Waals surface area contributed by atoms with Crippen LogP contribution in [0.3, 0.4) is 0 Å². The molecule has 15 heteroatoms. The van der Waals surface area contributed by atoms with Crippen LogP contribution < -0.4 is 13.8 Å². The predicted octanol–water partition coefficient (Wildman–Crippen LogP) is 4.06. The second-order valence-corrected chi connectivity index (χ2v) is 14.3. The maximum atomic E-state index is 15.4. The third-order valence-corrected chi connectivity index (χ3v) is 11.6. The molecule has 3 aliphatic rings. The highest BCUT2D eigenvalue weighted by Crippen LogP contribution is 2.55. The van der Waals surface area contributed by atoms with Gasteiger partial charge in [0.25, 0.3) is 15.9 Å². The number of likely N-dealkylation sites (tertiary alicyclic amines) is 1. The van der Waals surface area contributed by atoms with Crippen LogP contribution in [0.25, 0.3) is 0 Å². The molecule has 2 fully saturated rings. The summed E-state index contributed by atoms with van der Waals surface area (Å²) in [6, 6.07) is 9.65. The number of carbonyl (C=O) groups excluding carboxylic acids is 1. The number of sulfonamides is 1. The SMILES string of the molecule is CCOc1ncccc1C1(C2CN(C3CCN(C)CC3)CCN2C(=O)O)C(=O)N(S(=O)(=O)c2ccc(OC)cc2)c2cc(F)c(Cl)cc21. The molecule has 2 aromatic carbocycles. The van der Waals surface area contributed by atoms with Crippen LogP contribution in [0.5, 0.6) is 11.6 Å². The fraction of sp³-hybridized carbons (Fsp3) is 0.424. The van der Waals surface area contributed by atoms with Gasteiger partial charge in [-0.15, -0.1) is 0 Å². The number of piperidine rings is 1. The van der Waals surface area contributed by atoms with Gasteiger partial charge < -0.3 is 24.4 Å². The molecule has 3 aromatic rings. The lowest BCUT2D eigenvalue weighted by Crippen LogP contribution is -2.67. The summed E-state index contributed by atoms with van der Waals surface area (Å²) in [5.41, 5.74) is -2.15. The molecule has 4 heterocycles. The van der Waals surface area contributed by atoms with Gasteiger partial charge in [-0.1, -0.05) is 17.7 Å². The Morgan fingerprint density at radius 3 is 2.46 bits per heavy atom. The number of carbonyl (C=O) groups is 2. The number of ether oxygens (including phenoxy) is 2. The lowest BCUT2D eigenvalue weighted by molar-refractivity contribution is -0.124. The fourth-order valence-corrected chi connectivity index (χ4v) is 8.92. The first-order valence-electron chi connectivity index (χ1n) is 15.7. The van der Waals surface area contributed by atoms with Crippen molar-refractivity contribution in [1.82, 2.24) is 19.7 Å². The van der Waals surface area contributed by atoms with Crippen molar-refractivity contribution in [3.05, 3.63) is 76.7 Å². The van der Waals surface area contributed by atoms with E-state index in [1.807, 2.05) is 7.05 Å². The summed E-state index contributed by atoms with van der Waals surface area (Å²) in [5.74, 6) is -1.54. The van der Waals surface area contributed by atoms with Crippen LogP contribution in [0.4, 0.5) is 14.9 Å². The number of halogens is 2. The number of aromatic nitrogens is 1. The Hall–Kier alpha value is -3.98. The third kappa shape index (κ3) is 5.54. The number of piperazine rings is 1. The summed E-state index contributed by atoms with van der Waals surface area (Å²) in [4.78, 5) is 38.2. The van der Waals surface area contributed by atoms with E-state index in [0.717, 1.165) is 32.0 Å². The van der Waals surface area contributed by atoms with Gasteiger partial charge in [0, 0.05) is 49.1 Å². The quantitative estimate of drug-likeness (QED) is 0.367. The topological polar surface area (TPSA) is 133 Å². The molecule has 2 atom stereocenters. The average Bonchev–Trinajstić information content (AvgIpc) is 3.33. The number of hydrogen-bond acceptors (Lipinski definition) is 9. The van der Waals surface area contributed by atoms with Crippen molar-refractivity contribution in [1.29, 1.82) is 0 Å². The van der Waals surface area contributed by atoms with Crippen molar-refractivity contribution in [3.63, 3.8) is 0 Å². The molecule has 1 N–H and O–H groups in total. The minimum atomic E-state index is -4.70. The Morgan fingerprint density at radius 1 is 1.10 bits per heavy atom. The number of amides is 2. The number of hydrogen-bond donors (Lipinski definition) is 1. The maximum Gasteiger partial charge on any atom is 0.407 e. The molecule has 0 bridgehead atoms. The summed E-state index contributed by atoms with van der Waals surface area (Å²) in [7, 11) is -1.23. The molecule has 3 aliphatic heterocycles. The van der Waals surface area contributed by atoms with Crippen molar-refractivity contribution < 1.29 is 37.0 Å². The number of benzene rings is 2. The molecule has 2 saturated heterocycles. The van der Waals surface area contributed by atoms with Crippen LogP contribution in [0.1, 0.15) is 30.9 Å². The van der Waals surface area contributed by atoms with Gasteiger partial charge in [0.2, 0.25) is 5.88 Å². The van der Waals surface area contributed by atoms with E-state index in [4.69, 9.17) is 21.1 Å². The summed E-state index contributed by atoms with van der Waals surface area (Å²) in [6.45, 7) is 4.11. The number of pyridine rings is 1. The molecule has 0 aliphatic carbocycles. The van der Waals surface area contributed by atoms with Crippen LogP contribution in [-0.2, 0) is 20.2 Å². The average molecular weight is 702 g/mol. The van der Waals surface area contributed by atoms with Gasteiger partial charge in [-0.25, -0.2) is 26.9 Å². The van der Waals surface area contributed by atoms with E-state index in [1.165, 1.54) is 48.5 Å². The number of methoxy groups -OCH3 is 1. The zero-order chi connectivity index (χ0) is 34.4. The Kier molecular flexibility index (Phi) is 9.28. The lowest BCUT2D eigenvalue weighted by atomic mass is 9.68. The normalized spacial score (nSPS) is 22.5.